The number of carbonyl (C=O) groups is 2. The monoisotopic (exact) mass is 429 g/mol. The van der Waals surface area contributed by atoms with Crippen LogP contribution in [-0.4, -0.2) is 105 Å². The fourth-order valence-corrected chi connectivity index (χ4v) is 4.56. The summed E-state index contributed by atoms with van der Waals surface area (Å²) in [5, 5.41) is 3.05. The molecule has 0 bridgehead atoms. The van der Waals surface area contributed by atoms with Crippen LogP contribution in [0, 0.1) is 0 Å². The quantitative estimate of drug-likeness (QED) is 0.730. The second-order valence-corrected chi connectivity index (χ2v) is 8.71. The highest BCUT2D eigenvalue weighted by molar-refractivity contribution is 5.94. The van der Waals surface area contributed by atoms with E-state index in [1.807, 2.05) is 24.0 Å². The second-order valence-electron chi connectivity index (χ2n) is 8.71. The number of amides is 2. The largest absolute Gasteiger partial charge is 0.378 e. The number of benzene rings is 1. The Kier molecular flexibility index (Phi) is 7.42. The molecule has 0 unspecified atom stereocenters. The van der Waals surface area contributed by atoms with Crippen LogP contribution in [-0.2, 0) is 14.3 Å². The Morgan fingerprint density at radius 2 is 1.58 bits per heavy atom. The molecule has 1 N–H and O–H groups in total. The van der Waals surface area contributed by atoms with Gasteiger partial charge < -0.3 is 19.9 Å². The Bertz CT molecular complexity index is 736. The van der Waals surface area contributed by atoms with Crippen LogP contribution in [0.15, 0.2) is 24.3 Å². The van der Waals surface area contributed by atoms with Crippen molar-refractivity contribution in [2.24, 2.45) is 0 Å². The zero-order valence-electron chi connectivity index (χ0n) is 18.6. The molecule has 3 aliphatic heterocycles. The predicted molar refractivity (Wildman–Crippen MR) is 121 cm³/mol. The van der Waals surface area contributed by atoms with E-state index in [0.29, 0.717) is 6.54 Å². The first-order valence-electron chi connectivity index (χ1n) is 11.6. The van der Waals surface area contributed by atoms with Crippen molar-refractivity contribution in [1.29, 1.82) is 0 Å². The predicted octanol–water partition coefficient (Wildman–Crippen LogP) is 1.09. The van der Waals surface area contributed by atoms with Crippen molar-refractivity contribution in [3.05, 3.63) is 24.3 Å². The molecular weight excluding hydrogens is 394 g/mol. The van der Waals surface area contributed by atoms with Gasteiger partial charge in [0.2, 0.25) is 11.8 Å². The molecule has 170 valence electrons. The van der Waals surface area contributed by atoms with Crippen molar-refractivity contribution in [3.63, 3.8) is 0 Å². The first kappa shape index (κ1) is 22.0. The number of rotatable bonds is 6. The molecule has 2 amide bonds. The van der Waals surface area contributed by atoms with Gasteiger partial charge in [-0.3, -0.25) is 19.4 Å². The van der Waals surface area contributed by atoms with E-state index in [2.05, 4.69) is 32.1 Å². The van der Waals surface area contributed by atoms with Crippen LogP contribution in [0.25, 0.3) is 0 Å². The number of carbonyl (C=O) groups excluding carboxylic acids is 2. The third-order valence-corrected chi connectivity index (χ3v) is 6.66. The molecule has 3 heterocycles. The number of piperazine rings is 1. The van der Waals surface area contributed by atoms with Crippen molar-refractivity contribution >= 4 is 23.2 Å². The number of morpholine rings is 1. The molecule has 0 aromatic heterocycles. The number of nitrogens with one attached hydrogen (secondary N) is 1. The lowest BCUT2D eigenvalue weighted by molar-refractivity contribution is -0.132. The minimum Gasteiger partial charge on any atom is -0.378 e. The van der Waals surface area contributed by atoms with Crippen LogP contribution in [0.1, 0.15) is 19.8 Å². The third kappa shape index (κ3) is 5.75. The topological polar surface area (TPSA) is 68.4 Å². The molecule has 0 spiro atoms. The number of nitrogens with zero attached hydrogens (tertiary/aromatic N) is 4. The molecule has 0 radical (unpaired) electrons. The van der Waals surface area contributed by atoms with Crippen LogP contribution in [0.2, 0.25) is 0 Å². The SMILES string of the molecule is C[C@H](C(=O)Nc1ccc(N2CCOCC2)cc1)N1CCN(CC(=O)N2CCCC2)CC1. The lowest BCUT2D eigenvalue weighted by atomic mass is 10.2. The summed E-state index contributed by atoms with van der Waals surface area (Å²) in [5.74, 6) is 0.262. The number of hydrogen-bond acceptors (Lipinski definition) is 6. The molecule has 4 rings (SSSR count). The van der Waals surface area contributed by atoms with E-state index in [-0.39, 0.29) is 17.9 Å². The highest BCUT2D eigenvalue weighted by atomic mass is 16.5. The fraction of sp³-hybridized carbons (Fsp3) is 0.652. The van der Waals surface area contributed by atoms with Gasteiger partial charge in [-0.15, -0.1) is 0 Å². The Balaban J connectivity index is 1.22. The normalized spacial score (nSPS) is 21.8. The van der Waals surface area contributed by atoms with Gasteiger partial charge in [-0.2, -0.15) is 0 Å². The van der Waals surface area contributed by atoms with Gasteiger partial charge in [-0.05, 0) is 44.0 Å². The maximum absolute atomic E-state index is 12.8. The maximum Gasteiger partial charge on any atom is 0.241 e. The number of anilines is 2. The second kappa shape index (κ2) is 10.4. The number of likely N-dealkylation sites (tertiary alicyclic amines) is 1. The Morgan fingerprint density at radius 3 is 2.23 bits per heavy atom. The minimum atomic E-state index is -0.199. The summed E-state index contributed by atoms with van der Waals surface area (Å²) in [6.45, 7) is 10.9. The molecule has 0 saturated carbocycles. The maximum atomic E-state index is 12.8. The van der Waals surface area contributed by atoms with Gasteiger partial charge in [0.15, 0.2) is 0 Å². The van der Waals surface area contributed by atoms with Gasteiger partial charge in [-0.1, -0.05) is 0 Å². The van der Waals surface area contributed by atoms with Crippen LogP contribution in [0.4, 0.5) is 11.4 Å². The Labute approximate surface area is 185 Å². The molecular formula is C23H35N5O3. The summed E-state index contributed by atoms with van der Waals surface area (Å²) in [4.78, 5) is 33.8. The van der Waals surface area contributed by atoms with Gasteiger partial charge in [-0.25, -0.2) is 0 Å². The smallest absolute Gasteiger partial charge is 0.241 e. The van der Waals surface area contributed by atoms with Crippen molar-refractivity contribution in [2.75, 3.05) is 82.3 Å². The van der Waals surface area contributed by atoms with E-state index >= 15 is 0 Å². The molecule has 1 aromatic rings. The van der Waals surface area contributed by atoms with Crippen LogP contribution >= 0.6 is 0 Å². The molecule has 3 saturated heterocycles. The lowest BCUT2D eigenvalue weighted by Gasteiger charge is -2.37. The van der Waals surface area contributed by atoms with Gasteiger partial charge in [0, 0.05) is 63.7 Å². The summed E-state index contributed by atoms with van der Waals surface area (Å²) < 4.78 is 5.41. The molecule has 0 aliphatic carbocycles. The molecule has 8 heteroatoms. The fourth-order valence-electron chi connectivity index (χ4n) is 4.56. The molecule has 1 atom stereocenters. The molecule has 1 aromatic carbocycles. The van der Waals surface area contributed by atoms with Crippen molar-refractivity contribution < 1.29 is 14.3 Å². The zero-order chi connectivity index (χ0) is 21.6. The summed E-state index contributed by atoms with van der Waals surface area (Å²) in [5.41, 5.74) is 1.98. The van der Waals surface area contributed by atoms with E-state index in [4.69, 9.17) is 4.74 Å². The highest BCUT2D eigenvalue weighted by Gasteiger charge is 2.28. The zero-order valence-corrected chi connectivity index (χ0v) is 18.6. The average Bonchev–Trinajstić information content (AvgIpc) is 3.35. The molecule has 3 fully saturated rings. The van der Waals surface area contributed by atoms with Crippen molar-refractivity contribution in [3.8, 4) is 0 Å². The summed E-state index contributed by atoms with van der Waals surface area (Å²) in [7, 11) is 0. The average molecular weight is 430 g/mol. The van der Waals surface area contributed by atoms with E-state index in [1.165, 1.54) is 0 Å². The minimum absolute atomic E-state index is 0.0146. The number of hydrogen-bond donors (Lipinski definition) is 1. The molecule has 8 nitrogen and oxygen atoms in total. The van der Waals surface area contributed by atoms with Gasteiger partial charge >= 0.3 is 0 Å². The highest BCUT2D eigenvalue weighted by Crippen LogP contribution is 2.19. The van der Waals surface area contributed by atoms with E-state index < -0.39 is 0 Å². The first-order valence-corrected chi connectivity index (χ1v) is 11.6. The molecule has 31 heavy (non-hydrogen) atoms. The summed E-state index contributed by atoms with van der Waals surface area (Å²) >= 11 is 0. The summed E-state index contributed by atoms with van der Waals surface area (Å²) in [6.07, 6.45) is 2.25. The van der Waals surface area contributed by atoms with Crippen molar-refractivity contribution in [2.45, 2.75) is 25.8 Å². The van der Waals surface area contributed by atoms with E-state index in [0.717, 1.165) is 89.8 Å². The summed E-state index contributed by atoms with van der Waals surface area (Å²) in [6, 6.07) is 7.85. The number of ether oxygens (including phenoxy) is 1. The van der Waals surface area contributed by atoms with Crippen LogP contribution < -0.4 is 10.2 Å². The third-order valence-electron chi connectivity index (χ3n) is 6.66. The van der Waals surface area contributed by atoms with Crippen LogP contribution in [0.5, 0.6) is 0 Å². The van der Waals surface area contributed by atoms with Crippen molar-refractivity contribution in [1.82, 2.24) is 14.7 Å². The Hall–Kier alpha value is -2.16. The lowest BCUT2D eigenvalue weighted by Crippen LogP contribution is -2.54. The Morgan fingerprint density at radius 1 is 0.935 bits per heavy atom. The first-order chi connectivity index (χ1) is 15.1. The van der Waals surface area contributed by atoms with E-state index in [9.17, 15) is 9.59 Å². The van der Waals surface area contributed by atoms with E-state index in [1.54, 1.807) is 0 Å². The van der Waals surface area contributed by atoms with Gasteiger partial charge in [0.1, 0.15) is 0 Å². The van der Waals surface area contributed by atoms with Gasteiger partial charge in [0.25, 0.3) is 0 Å². The molecule has 3 aliphatic rings. The van der Waals surface area contributed by atoms with Gasteiger partial charge in [0.05, 0.1) is 25.8 Å². The van der Waals surface area contributed by atoms with Crippen LogP contribution in [0.3, 0.4) is 0 Å². The standard InChI is InChI=1S/C23H35N5O3/c1-19(26-12-10-25(11-13-26)18-22(29)28-8-2-3-9-28)23(30)24-20-4-6-21(7-5-20)27-14-16-31-17-15-27/h4-7,19H,2-3,8-18H2,1H3,(H,24,30)/t19-/m1/s1.